The van der Waals surface area contributed by atoms with Gasteiger partial charge in [-0.05, 0) is 44.6 Å². The van der Waals surface area contributed by atoms with Gasteiger partial charge in [0, 0.05) is 28.4 Å². The van der Waals surface area contributed by atoms with Crippen molar-refractivity contribution in [2.75, 3.05) is 12.8 Å². The molecule has 3 rings (SSSR count). The van der Waals surface area contributed by atoms with Gasteiger partial charge in [-0.25, -0.2) is 4.99 Å². The van der Waals surface area contributed by atoms with Crippen LogP contribution in [0, 0.1) is 0 Å². The molecule has 2 aromatic rings. The lowest BCUT2D eigenvalue weighted by Gasteiger charge is -2.29. The summed E-state index contributed by atoms with van der Waals surface area (Å²) in [6.07, 6.45) is 7.11. The van der Waals surface area contributed by atoms with E-state index in [-0.39, 0.29) is 0 Å². The Morgan fingerprint density at radius 2 is 2.30 bits per heavy atom. The van der Waals surface area contributed by atoms with Crippen LogP contribution < -0.4 is 10.6 Å². The van der Waals surface area contributed by atoms with Crippen LogP contribution in [0.2, 0.25) is 5.02 Å². The summed E-state index contributed by atoms with van der Waals surface area (Å²) in [5, 5.41) is 12.3. The fraction of sp³-hybridized carbons (Fsp3) is 0.526. The van der Waals surface area contributed by atoms with Crippen molar-refractivity contribution in [1.29, 1.82) is 0 Å². The topological polar surface area (TPSA) is 75.3 Å². The summed E-state index contributed by atoms with van der Waals surface area (Å²) >= 11 is 7.99. The first-order chi connectivity index (χ1) is 13.2. The smallest absolute Gasteiger partial charge is 0.248 e. The molecule has 0 bridgehead atoms. The number of hydrogen-bond donors (Lipinski definition) is 2. The Balaban J connectivity index is 1.63. The van der Waals surface area contributed by atoms with Crippen LogP contribution >= 0.6 is 23.4 Å². The van der Waals surface area contributed by atoms with Crippen LogP contribution in [0.5, 0.6) is 0 Å². The molecule has 8 heteroatoms. The van der Waals surface area contributed by atoms with Crippen molar-refractivity contribution in [1.82, 2.24) is 20.8 Å². The lowest BCUT2D eigenvalue weighted by Crippen LogP contribution is -2.45. The first-order valence-electron chi connectivity index (χ1n) is 9.34. The molecule has 0 radical (unpaired) electrons. The molecule has 27 heavy (non-hydrogen) atoms. The van der Waals surface area contributed by atoms with Gasteiger partial charge in [-0.15, -0.1) is 0 Å². The van der Waals surface area contributed by atoms with Gasteiger partial charge in [0.15, 0.2) is 5.96 Å². The van der Waals surface area contributed by atoms with Crippen molar-refractivity contribution in [2.45, 2.75) is 50.4 Å². The maximum atomic E-state index is 6.03. The number of halogens is 1. The molecule has 146 valence electrons. The highest BCUT2D eigenvalue weighted by Crippen LogP contribution is 2.26. The molecule has 2 N–H and O–H groups in total. The van der Waals surface area contributed by atoms with Crippen molar-refractivity contribution in [2.24, 2.45) is 4.99 Å². The third-order valence-corrected chi connectivity index (χ3v) is 5.90. The highest BCUT2D eigenvalue weighted by Gasteiger charge is 2.22. The van der Waals surface area contributed by atoms with E-state index in [9.17, 15) is 0 Å². The normalized spacial score (nSPS) is 20.5. The Bertz CT molecular complexity index is 766. The summed E-state index contributed by atoms with van der Waals surface area (Å²) in [4.78, 5) is 9.04. The van der Waals surface area contributed by atoms with E-state index in [4.69, 9.17) is 16.1 Å². The van der Waals surface area contributed by atoms with Crippen LogP contribution in [0.3, 0.4) is 0 Å². The average Bonchev–Trinajstić information content (AvgIpc) is 3.15. The van der Waals surface area contributed by atoms with Gasteiger partial charge in [0.2, 0.25) is 11.7 Å². The largest absolute Gasteiger partial charge is 0.357 e. The Morgan fingerprint density at radius 3 is 3.07 bits per heavy atom. The Labute approximate surface area is 169 Å². The summed E-state index contributed by atoms with van der Waals surface area (Å²) < 4.78 is 5.34. The SMILES string of the molecule is CCNC(=NCc1nc(-c2cccc(Cl)c2)no1)NC1CCCC(SC)C1. The summed E-state index contributed by atoms with van der Waals surface area (Å²) in [6, 6.07) is 7.86. The Kier molecular flexibility index (Phi) is 7.41. The molecule has 2 atom stereocenters. The van der Waals surface area contributed by atoms with E-state index in [0.29, 0.717) is 29.3 Å². The average molecular weight is 408 g/mol. The van der Waals surface area contributed by atoms with E-state index in [1.165, 1.54) is 25.7 Å². The van der Waals surface area contributed by atoms with E-state index in [0.717, 1.165) is 23.3 Å². The molecular weight excluding hydrogens is 382 g/mol. The molecule has 2 unspecified atom stereocenters. The van der Waals surface area contributed by atoms with Crippen LogP contribution in [-0.4, -0.2) is 40.2 Å². The number of aromatic nitrogens is 2. The number of rotatable bonds is 6. The molecule has 1 fully saturated rings. The standard InChI is InChI=1S/C19H26ClN5OS/c1-3-21-19(23-15-8-5-9-16(11-15)27-2)22-12-17-24-18(25-26-17)13-6-4-7-14(20)10-13/h4,6-7,10,15-16H,3,5,8-9,11-12H2,1-2H3,(H2,21,22,23). The van der Waals surface area contributed by atoms with Crippen molar-refractivity contribution in [3.05, 3.63) is 35.2 Å². The number of hydrogen-bond acceptors (Lipinski definition) is 5. The molecule has 1 aromatic heterocycles. The summed E-state index contributed by atoms with van der Waals surface area (Å²) in [5.74, 6) is 1.80. The Morgan fingerprint density at radius 1 is 1.41 bits per heavy atom. The maximum absolute atomic E-state index is 6.03. The van der Waals surface area contributed by atoms with Crippen molar-refractivity contribution in [3.63, 3.8) is 0 Å². The monoisotopic (exact) mass is 407 g/mol. The van der Waals surface area contributed by atoms with Gasteiger partial charge in [-0.1, -0.05) is 35.3 Å². The molecule has 0 spiro atoms. The zero-order chi connectivity index (χ0) is 19.1. The molecule has 1 aliphatic rings. The lowest BCUT2D eigenvalue weighted by molar-refractivity contribution is 0.380. The van der Waals surface area contributed by atoms with Gasteiger partial charge in [0.25, 0.3) is 0 Å². The van der Waals surface area contributed by atoms with Crippen molar-refractivity contribution < 1.29 is 4.52 Å². The predicted molar refractivity (Wildman–Crippen MR) is 112 cm³/mol. The molecule has 0 amide bonds. The van der Waals surface area contributed by atoms with Crippen LogP contribution in [0.4, 0.5) is 0 Å². The van der Waals surface area contributed by atoms with Crippen LogP contribution in [-0.2, 0) is 6.54 Å². The number of thioether (sulfide) groups is 1. The number of nitrogens with one attached hydrogen (secondary N) is 2. The zero-order valence-electron chi connectivity index (χ0n) is 15.7. The minimum atomic E-state index is 0.335. The zero-order valence-corrected chi connectivity index (χ0v) is 17.3. The van der Waals surface area contributed by atoms with E-state index in [1.54, 1.807) is 0 Å². The van der Waals surface area contributed by atoms with Crippen LogP contribution in [0.25, 0.3) is 11.4 Å². The quantitative estimate of drug-likeness (QED) is 0.554. The van der Waals surface area contributed by atoms with E-state index >= 15 is 0 Å². The van der Waals surface area contributed by atoms with Crippen molar-refractivity contribution in [3.8, 4) is 11.4 Å². The molecule has 1 saturated carbocycles. The summed E-state index contributed by atoms with van der Waals surface area (Å²) in [5.41, 5.74) is 0.830. The molecule has 1 aliphatic carbocycles. The second-order valence-corrected chi connectivity index (χ2v) is 8.16. The fourth-order valence-corrected chi connectivity index (χ4v) is 4.23. The van der Waals surface area contributed by atoms with Gasteiger partial charge < -0.3 is 15.2 Å². The van der Waals surface area contributed by atoms with E-state index < -0.39 is 0 Å². The second-order valence-electron chi connectivity index (χ2n) is 6.58. The van der Waals surface area contributed by atoms with Gasteiger partial charge in [-0.2, -0.15) is 16.7 Å². The highest BCUT2D eigenvalue weighted by atomic mass is 35.5. The third kappa shape index (κ3) is 5.87. The maximum Gasteiger partial charge on any atom is 0.248 e. The highest BCUT2D eigenvalue weighted by molar-refractivity contribution is 7.99. The molecule has 1 heterocycles. The minimum absolute atomic E-state index is 0.335. The molecule has 6 nitrogen and oxygen atoms in total. The fourth-order valence-electron chi connectivity index (χ4n) is 3.21. The summed E-state index contributed by atoms with van der Waals surface area (Å²) in [7, 11) is 0. The van der Waals surface area contributed by atoms with Gasteiger partial charge in [0.1, 0.15) is 6.54 Å². The van der Waals surface area contributed by atoms with Crippen LogP contribution in [0.15, 0.2) is 33.8 Å². The van der Waals surface area contributed by atoms with Gasteiger partial charge in [-0.3, -0.25) is 0 Å². The number of nitrogens with zero attached hydrogens (tertiary/aromatic N) is 3. The lowest BCUT2D eigenvalue weighted by atomic mass is 9.95. The molecule has 0 saturated heterocycles. The molecule has 0 aliphatic heterocycles. The van der Waals surface area contributed by atoms with Gasteiger partial charge >= 0.3 is 0 Å². The number of guanidine groups is 1. The van der Waals surface area contributed by atoms with E-state index in [2.05, 4.69) is 38.9 Å². The number of benzene rings is 1. The van der Waals surface area contributed by atoms with Gasteiger partial charge in [0.05, 0.1) is 0 Å². The summed E-state index contributed by atoms with van der Waals surface area (Å²) in [6.45, 7) is 3.20. The third-order valence-electron chi connectivity index (χ3n) is 4.57. The first kappa shape index (κ1) is 20.0. The first-order valence-corrected chi connectivity index (χ1v) is 11.0. The predicted octanol–water partition coefficient (Wildman–Crippen LogP) is 4.12. The number of aliphatic imine (C=N–C) groups is 1. The van der Waals surface area contributed by atoms with Crippen molar-refractivity contribution >= 4 is 29.3 Å². The minimum Gasteiger partial charge on any atom is -0.357 e. The Hall–Kier alpha value is -1.73. The molecular formula is C19H26ClN5OS. The molecule has 1 aromatic carbocycles. The van der Waals surface area contributed by atoms with Crippen LogP contribution in [0.1, 0.15) is 38.5 Å². The second kappa shape index (κ2) is 9.99. The van der Waals surface area contributed by atoms with E-state index in [1.807, 2.05) is 36.0 Å².